The van der Waals surface area contributed by atoms with Crippen molar-refractivity contribution in [3.63, 3.8) is 0 Å². The highest BCUT2D eigenvalue weighted by Crippen LogP contribution is 2.23. The summed E-state index contributed by atoms with van der Waals surface area (Å²) in [5, 5.41) is 2.82. The first-order chi connectivity index (χ1) is 11.4. The molecule has 0 bridgehead atoms. The maximum Gasteiger partial charge on any atom is 0.342 e. The first-order valence-electron chi connectivity index (χ1n) is 6.97. The molecule has 0 aromatic heterocycles. The monoisotopic (exact) mass is 351 g/mol. The number of aryl methyl sites for hydroxylation is 1. The second kappa shape index (κ2) is 7.79. The maximum atomic E-state index is 13.2. The Kier molecular flexibility index (Phi) is 5.76. The molecule has 0 unspecified atom stereocenters. The maximum absolute atomic E-state index is 13.2. The number of anilines is 1. The van der Waals surface area contributed by atoms with Crippen molar-refractivity contribution >= 4 is 29.2 Å². The molecule has 0 spiro atoms. The standard InChI is InChI=1S/C17H15ClFNO4/c1-10-3-5-12(19)8-14(10)20-16(21)9-24-17(22)13-7-11(18)4-6-15(13)23-2/h3-8H,9H2,1-2H3,(H,20,21). The molecule has 5 nitrogen and oxygen atoms in total. The summed E-state index contributed by atoms with van der Waals surface area (Å²) in [6.07, 6.45) is 0. The highest BCUT2D eigenvalue weighted by Gasteiger charge is 2.16. The van der Waals surface area contributed by atoms with Crippen molar-refractivity contribution < 1.29 is 23.5 Å². The van der Waals surface area contributed by atoms with E-state index in [1.165, 1.54) is 37.4 Å². The third-order valence-corrected chi connectivity index (χ3v) is 3.42. The Labute approximate surface area is 143 Å². The number of hydrogen-bond donors (Lipinski definition) is 1. The van der Waals surface area contributed by atoms with Gasteiger partial charge in [0.15, 0.2) is 6.61 Å². The number of carbonyl (C=O) groups excluding carboxylic acids is 2. The molecule has 2 rings (SSSR count). The van der Waals surface area contributed by atoms with Gasteiger partial charge in [-0.05, 0) is 42.8 Å². The van der Waals surface area contributed by atoms with Crippen LogP contribution in [0.5, 0.6) is 5.75 Å². The highest BCUT2D eigenvalue weighted by molar-refractivity contribution is 6.31. The molecule has 2 aromatic carbocycles. The Morgan fingerprint density at radius 2 is 1.96 bits per heavy atom. The lowest BCUT2D eigenvalue weighted by Gasteiger charge is -2.10. The van der Waals surface area contributed by atoms with Crippen LogP contribution in [0.2, 0.25) is 5.02 Å². The van der Waals surface area contributed by atoms with Crippen molar-refractivity contribution in [3.05, 3.63) is 58.4 Å². The molecule has 0 fully saturated rings. The Balaban J connectivity index is 2.00. The number of halogens is 2. The minimum Gasteiger partial charge on any atom is -0.496 e. The Morgan fingerprint density at radius 3 is 2.67 bits per heavy atom. The molecule has 0 aliphatic heterocycles. The lowest BCUT2D eigenvalue weighted by Crippen LogP contribution is -2.21. The number of esters is 1. The Hall–Kier alpha value is -2.60. The third kappa shape index (κ3) is 4.45. The zero-order valence-corrected chi connectivity index (χ0v) is 13.8. The van der Waals surface area contributed by atoms with Gasteiger partial charge in [0.2, 0.25) is 0 Å². The van der Waals surface area contributed by atoms with E-state index in [2.05, 4.69) is 5.32 Å². The summed E-state index contributed by atoms with van der Waals surface area (Å²) in [5.74, 6) is -1.53. The van der Waals surface area contributed by atoms with Crippen molar-refractivity contribution in [1.82, 2.24) is 0 Å². The molecule has 7 heteroatoms. The third-order valence-electron chi connectivity index (χ3n) is 3.19. The second-order valence-electron chi connectivity index (χ2n) is 4.93. The molecule has 1 N–H and O–H groups in total. The molecule has 24 heavy (non-hydrogen) atoms. The van der Waals surface area contributed by atoms with Crippen LogP contribution < -0.4 is 10.1 Å². The summed E-state index contributed by atoms with van der Waals surface area (Å²) < 4.78 is 23.2. The van der Waals surface area contributed by atoms with Crippen molar-refractivity contribution in [2.45, 2.75) is 6.92 Å². The number of rotatable bonds is 5. The average molecular weight is 352 g/mol. The summed E-state index contributed by atoms with van der Waals surface area (Å²) in [7, 11) is 1.40. The fourth-order valence-electron chi connectivity index (χ4n) is 1.96. The van der Waals surface area contributed by atoms with Crippen LogP contribution >= 0.6 is 11.6 Å². The number of carbonyl (C=O) groups is 2. The quantitative estimate of drug-likeness (QED) is 0.836. The van der Waals surface area contributed by atoms with Gasteiger partial charge in [-0.3, -0.25) is 4.79 Å². The van der Waals surface area contributed by atoms with Crippen LogP contribution in [-0.4, -0.2) is 25.6 Å². The predicted molar refractivity (Wildman–Crippen MR) is 88.1 cm³/mol. The molecule has 0 atom stereocenters. The van der Waals surface area contributed by atoms with E-state index in [0.717, 1.165) is 0 Å². The van der Waals surface area contributed by atoms with Gasteiger partial charge in [-0.25, -0.2) is 9.18 Å². The molecule has 0 aliphatic carbocycles. The molecule has 0 saturated heterocycles. The molecular formula is C17H15ClFNO4. The summed E-state index contributed by atoms with van der Waals surface area (Å²) in [4.78, 5) is 23.9. The minimum atomic E-state index is -0.750. The molecular weight excluding hydrogens is 337 g/mol. The molecule has 0 heterocycles. The van der Waals surface area contributed by atoms with Gasteiger partial charge in [0.1, 0.15) is 17.1 Å². The average Bonchev–Trinajstić information content (AvgIpc) is 2.56. The van der Waals surface area contributed by atoms with Crippen molar-refractivity contribution in [2.75, 3.05) is 19.0 Å². The first-order valence-corrected chi connectivity index (χ1v) is 7.35. The van der Waals surface area contributed by atoms with Crippen LogP contribution in [0.1, 0.15) is 15.9 Å². The van der Waals surface area contributed by atoms with E-state index < -0.39 is 24.3 Å². The topological polar surface area (TPSA) is 64.6 Å². The zero-order valence-electron chi connectivity index (χ0n) is 13.1. The fourth-order valence-corrected chi connectivity index (χ4v) is 2.14. The molecule has 0 aliphatic rings. The van der Waals surface area contributed by atoms with Crippen molar-refractivity contribution in [3.8, 4) is 5.75 Å². The van der Waals surface area contributed by atoms with Crippen LogP contribution in [-0.2, 0) is 9.53 Å². The summed E-state index contributed by atoms with van der Waals surface area (Å²) in [6, 6.07) is 8.49. The van der Waals surface area contributed by atoms with E-state index in [9.17, 15) is 14.0 Å². The van der Waals surface area contributed by atoms with Crippen LogP contribution in [0.3, 0.4) is 0 Å². The number of ether oxygens (including phenoxy) is 2. The number of hydrogen-bond acceptors (Lipinski definition) is 4. The normalized spacial score (nSPS) is 10.2. The van der Waals surface area contributed by atoms with E-state index in [1.54, 1.807) is 13.0 Å². The predicted octanol–water partition coefficient (Wildman–Crippen LogP) is 3.59. The van der Waals surface area contributed by atoms with E-state index >= 15 is 0 Å². The van der Waals surface area contributed by atoms with Gasteiger partial charge in [0, 0.05) is 10.7 Å². The molecule has 2 aromatic rings. The molecule has 1 amide bonds. The first kappa shape index (κ1) is 17.7. The van der Waals surface area contributed by atoms with E-state index in [1.807, 2.05) is 0 Å². The SMILES string of the molecule is COc1ccc(Cl)cc1C(=O)OCC(=O)Nc1cc(F)ccc1C. The molecule has 0 saturated carbocycles. The van der Waals surface area contributed by atoms with Crippen LogP contribution in [0.15, 0.2) is 36.4 Å². The smallest absolute Gasteiger partial charge is 0.342 e. The van der Waals surface area contributed by atoms with Crippen LogP contribution in [0, 0.1) is 12.7 Å². The van der Waals surface area contributed by atoms with E-state index in [0.29, 0.717) is 16.3 Å². The van der Waals surface area contributed by atoms with Crippen molar-refractivity contribution in [2.24, 2.45) is 0 Å². The number of methoxy groups -OCH3 is 1. The summed E-state index contributed by atoms with van der Waals surface area (Å²) in [6.45, 7) is 1.20. The Morgan fingerprint density at radius 1 is 1.21 bits per heavy atom. The zero-order chi connectivity index (χ0) is 17.7. The molecule has 126 valence electrons. The largest absolute Gasteiger partial charge is 0.496 e. The van der Waals surface area contributed by atoms with Gasteiger partial charge < -0.3 is 14.8 Å². The lowest BCUT2D eigenvalue weighted by atomic mass is 10.2. The van der Waals surface area contributed by atoms with Gasteiger partial charge in [-0.2, -0.15) is 0 Å². The highest BCUT2D eigenvalue weighted by atomic mass is 35.5. The number of amides is 1. The lowest BCUT2D eigenvalue weighted by molar-refractivity contribution is -0.119. The molecule has 0 radical (unpaired) electrons. The Bertz CT molecular complexity index is 779. The van der Waals surface area contributed by atoms with Gasteiger partial charge in [0.25, 0.3) is 5.91 Å². The fraction of sp³-hybridized carbons (Fsp3) is 0.176. The number of nitrogens with one attached hydrogen (secondary N) is 1. The minimum absolute atomic E-state index is 0.111. The van der Waals surface area contributed by atoms with Gasteiger partial charge in [-0.1, -0.05) is 17.7 Å². The summed E-state index contributed by atoms with van der Waals surface area (Å²) >= 11 is 5.84. The number of benzene rings is 2. The van der Waals surface area contributed by atoms with Gasteiger partial charge >= 0.3 is 5.97 Å². The van der Waals surface area contributed by atoms with Crippen LogP contribution in [0.25, 0.3) is 0 Å². The van der Waals surface area contributed by atoms with E-state index in [4.69, 9.17) is 21.1 Å². The second-order valence-corrected chi connectivity index (χ2v) is 5.36. The van der Waals surface area contributed by atoms with E-state index in [-0.39, 0.29) is 11.3 Å². The van der Waals surface area contributed by atoms with Gasteiger partial charge in [-0.15, -0.1) is 0 Å². The summed E-state index contributed by atoms with van der Waals surface area (Å²) in [5.41, 5.74) is 1.11. The van der Waals surface area contributed by atoms with Crippen LogP contribution in [0.4, 0.5) is 10.1 Å². The van der Waals surface area contributed by atoms with Gasteiger partial charge in [0.05, 0.1) is 7.11 Å². The van der Waals surface area contributed by atoms with Crippen molar-refractivity contribution in [1.29, 1.82) is 0 Å².